The topological polar surface area (TPSA) is 96.7 Å². The van der Waals surface area contributed by atoms with Crippen LogP contribution in [0.5, 0.6) is 11.5 Å². The van der Waals surface area contributed by atoms with Gasteiger partial charge in [-0.05, 0) is 43.3 Å². The number of aromatic hydroxyl groups is 1. The van der Waals surface area contributed by atoms with E-state index < -0.39 is 10.1 Å². The summed E-state index contributed by atoms with van der Waals surface area (Å²) < 4.78 is 34.9. The van der Waals surface area contributed by atoms with E-state index in [4.69, 9.17) is 9.29 Å². The van der Waals surface area contributed by atoms with E-state index >= 15 is 0 Å². The normalized spacial score (nSPS) is 10.9. The number of aromatic nitrogens is 1. The first kappa shape index (κ1) is 21.3. The number of fused-ring (bicyclic) bond motifs is 1. The van der Waals surface area contributed by atoms with Crippen LogP contribution in [0.2, 0.25) is 0 Å². The molecule has 0 unspecified atom stereocenters. The van der Waals surface area contributed by atoms with Crippen molar-refractivity contribution >= 4 is 21.0 Å². The molecule has 0 amide bonds. The second-order valence-electron chi connectivity index (χ2n) is 6.53. The lowest BCUT2D eigenvalue weighted by Gasteiger charge is -2.09. The van der Waals surface area contributed by atoms with Crippen molar-refractivity contribution in [3.05, 3.63) is 84.4 Å². The minimum absolute atomic E-state index is 0.0666. The van der Waals surface area contributed by atoms with E-state index in [-0.39, 0.29) is 10.6 Å². The van der Waals surface area contributed by atoms with Crippen LogP contribution in [0.3, 0.4) is 0 Å². The van der Waals surface area contributed by atoms with Crippen LogP contribution in [0.1, 0.15) is 5.56 Å². The molecule has 4 rings (SSSR count). The standard InChI is InChI=1S/C16H13NO2.C7H8O3S/c1-19-16-9-5-3-7-12(16)14-10-15(18)11-6-2-4-8-13(11)17-14;1-6-2-4-7(5-3-6)11(8,9)10/h2-10H,1H3,(H,17,18);2-5H,1H3,(H,8,9,10). The second-order valence-corrected chi connectivity index (χ2v) is 7.95. The van der Waals surface area contributed by atoms with E-state index in [0.29, 0.717) is 5.69 Å². The molecule has 0 saturated carbocycles. The Hall–Kier alpha value is -3.42. The Morgan fingerprint density at radius 3 is 2.20 bits per heavy atom. The highest BCUT2D eigenvalue weighted by Gasteiger charge is 2.10. The molecule has 0 aliphatic rings. The average Bonchev–Trinajstić information content (AvgIpc) is 2.74. The Labute approximate surface area is 175 Å². The number of pyridine rings is 1. The smallest absolute Gasteiger partial charge is 0.294 e. The third-order valence-electron chi connectivity index (χ3n) is 4.40. The van der Waals surface area contributed by atoms with E-state index in [0.717, 1.165) is 27.8 Å². The molecule has 2 N–H and O–H groups in total. The third-order valence-corrected chi connectivity index (χ3v) is 5.26. The molecule has 0 saturated heterocycles. The van der Waals surface area contributed by atoms with Crippen LogP contribution in [-0.2, 0) is 10.1 Å². The molecular formula is C23H21NO5S. The first-order valence-electron chi connectivity index (χ1n) is 9.06. The van der Waals surface area contributed by atoms with Crippen LogP contribution < -0.4 is 4.74 Å². The summed E-state index contributed by atoms with van der Waals surface area (Å²) in [7, 11) is -2.39. The van der Waals surface area contributed by atoms with Crippen LogP contribution in [0.25, 0.3) is 22.2 Å². The van der Waals surface area contributed by atoms with Gasteiger partial charge in [0.25, 0.3) is 10.1 Å². The van der Waals surface area contributed by atoms with Gasteiger partial charge in [0.15, 0.2) is 0 Å². The molecule has 0 radical (unpaired) electrons. The molecule has 4 aromatic rings. The number of methoxy groups -OCH3 is 1. The molecule has 3 aromatic carbocycles. The first-order valence-corrected chi connectivity index (χ1v) is 10.5. The minimum Gasteiger partial charge on any atom is -0.507 e. The lowest BCUT2D eigenvalue weighted by Crippen LogP contribution is -1.96. The van der Waals surface area contributed by atoms with Gasteiger partial charge in [-0.1, -0.05) is 42.0 Å². The molecular weight excluding hydrogens is 402 g/mol. The van der Waals surface area contributed by atoms with E-state index in [1.807, 2.05) is 55.5 Å². The Kier molecular flexibility index (Phi) is 6.34. The van der Waals surface area contributed by atoms with Crippen molar-refractivity contribution in [2.45, 2.75) is 11.8 Å². The molecule has 0 bridgehead atoms. The fraction of sp³-hybridized carbons (Fsp3) is 0.0870. The number of aryl methyl sites for hydroxylation is 1. The van der Waals surface area contributed by atoms with Crippen molar-refractivity contribution in [1.82, 2.24) is 4.98 Å². The SMILES string of the molecule is COc1ccccc1-c1cc(O)c2ccccc2n1.Cc1ccc(S(=O)(=O)O)cc1. The van der Waals surface area contributed by atoms with Gasteiger partial charge in [-0.3, -0.25) is 4.55 Å². The van der Waals surface area contributed by atoms with Gasteiger partial charge in [-0.15, -0.1) is 0 Å². The van der Waals surface area contributed by atoms with E-state index in [1.54, 1.807) is 25.3 Å². The van der Waals surface area contributed by atoms with E-state index in [2.05, 4.69) is 4.98 Å². The van der Waals surface area contributed by atoms with E-state index in [1.165, 1.54) is 12.1 Å². The molecule has 0 spiro atoms. The summed E-state index contributed by atoms with van der Waals surface area (Å²) in [5.74, 6) is 0.969. The highest BCUT2D eigenvalue weighted by atomic mass is 32.2. The number of rotatable bonds is 3. The molecule has 1 heterocycles. The van der Waals surface area contributed by atoms with Gasteiger partial charge >= 0.3 is 0 Å². The Morgan fingerprint density at radius 2 is 1.53 bits per heavy atom. The van der Waals surface area contributed by atoms with Crippen molar-refractivity contribution in [3.8, 4) is 22.8 Å². The predicted octanol–water partition coefficient (Wildman–Crippen LogP) is 4.86. The molecule has 0 aliphatic heterocycles. The number of ether oxygens (including phenoxy) is 1. The van der Waals surface area contributed by atoms with Crippen LogP contribution in [-0.4, -0.2) is 30.2 Å². The second kappa shape index (κ2) is 8.94. The maximum absolute atomic E-state index is 10.5. The van der Waals surface area contributed by atoms with Gasteiger partial charge in [0.1, 0.15) is 11.5 Å². The Balaban J connectivity index is 0.000000199. The summed E-state index contributed by atoms with van der Waals surface area (Å²) in [4.78, 5) is 4.51. The molecule has 7 heteroatoms. The van der Waals surface area contributed by atoms with Gasteiger partial charge in [0.05, 0.1) is 23.2 Å². The minimum atomic E-state index is -4.02. The fourth-order valence-corrected chi connectivity index (χ4v) is 3.34. The summed E-state index contributed by atoms with van der Waals surface area (Å²) >= 11 is 0. The summed E-state index contributed by atoms with van der Waals surface area (Å²) in [6.45, 7) is 1.84. The zero-order chi connectivity index (χ0) is 21.7. The van der Waals surface area contributed by atoms with Crippen molar-refractivity contribution in [2.75, 3.05) is 7.11 Å². The molecule has 1 aromatic heterocycles. The summed E-state index contributed by atoms with van der Waals surface area (Å²) in [6, 6.07) is 22.8. The number of para-hydroxylation sites is 2. The predicted molar refractivity (Wildman–Crippen MR) is 116 cm³/mol. The van der Waals surface area contributed by atoms with E-state index in [9.17, 15) is 13.5 Å². The molecule has 6 nitrogen and oxygen atoms in total. The van der Waals surface area contributed by atoms with Gasteiger partial charge in [-0.2, -0.15) is 8.42 Å². The zero-order valence-corrected chi connectivity index (χ0v) is 17.3. The van der Waals surface area contributed by atoms with Crippen LogP contribution in [0.15, 0.2) is 83.8 Å². The summed E-state index contributed by atoms with van der Waals surface area (Å²) in [6.07, 6.45) is 0. The summed E-state index contributed by atoms with van der Waals surface area (Å²) in [5.41, 5.74) is 3.29. The lowest BCUT2D eigenvalue weighted by atomic mass is 10.1. The number of hydrogen-bond donors (Lipinski definition) is 2. The van der Waals surface area contributed by atoms with Gasteiger partial charge in [0.2, 0.25) is 0 Å². The molecule has 30 heavy (non-hydrogen) atoms. The summed E-state index contributed by atoms with van der Waals surface area (Å²) in [5, 5.41) is 10.8. The molecule has 154 valence electrons. The van der Waals surface area contributed by atoms with Gasteiger partial charge in [-0.25, -0.2) is 4.98 Å². The van der Waals surface area contributed by atoms with Crippen LogP contribution in [0.4, 0.5) is 0 Å². The lowest BCUT2D eigenvalue weighted by molar-refractivity contribution is 0.416. The molecule has 0 aliphatic carbocycles. The Bertz CT molecular complexity index is 1270. The molecule has 0 atom stereocenters. The van der Waals surface area contributed by atoms with Crippen LogP contribution >= 0.6 is 0 Å². The highest BCUT2D eigenvalue weighted by Crippen LogP contribution is 2.33. The third kappa shape index (κ3) is 4.94. The van der Waals surface area contributed by atoms with Crippen molar-refractivity contribution in [3.63, 3.8) is 0 Å². The quantitative estimate of drug-likeness (QED) is 0.457. The average molecular weight is 423 g/mol. The maximum atomic E-state index is 10.5. The van der Waals surface area contributed by atoms with Gasteiger partial charge in [0, 0.05) is 17.0 Å². The monoisotopic (exact) mass is 423 g/mol. The van der Waals surface area contributed by atoms with Crippen LogP contribution in [0, 0.1) is 6.92 Å². The largest absolute Gasteiger partial charge is 0.507 e. The highest BCUT2D eigenvalue weighted by molar-refractivity contribution is 7.85. The molecule has 0 fully saturated rings. The van der Waals surface area contributed by atoms with Crippen molar-refractivity contribution in [1.29, 1.82) is 0 Å². The van der Waals surface area contributed by atoms with Crippen molar-refractivity contribution < 1.29 is 22.8 Å². The first-order chi connectivity index (χ1) is 14.3. The number of nitrogens with zero attached hydrogens (tertiary/aromatic N) is 1. The van der Waals surface area contributed by atoms with Gasteiger partial charge < -0.3 is 9.84 Å². The van der Waals surface area contributed by atoms with Crippen molar-refractivity contribution in [2.24, 2.45) is 0 Å². The maximum Gasteiger partial charge on any atom is 0.294 e. The fourth-order valence-electron chi connectivity index (χ4n) is 2.86. The zero-order valence-electron chi connectivity index (χ0n) is 16.5. The Morgan fingerprint density at radius 1 is 0.900 bits per heavy atom. The number of hydrogen-bond acceptors (Lipinski definition) is 5. The number of benzene rings is 3.